The van der Waals surface area contributed by atoms with Gasteiger partial charge >= 0.3 is 23.9 Å². The zero-order valence-electron chi connectivity index (χ0n) is 17.2. The number of rotatable bonds is 6. The first-order chi connectivity index (χ1) is 15.3. The highest BCUT2D eigenvalue weighted by Gasteiger charge is 2.12. The third-order valence-corrected chi connectivity index (χ3v) is 3.95. The van der Waals surface area contributed by atoms with Gasteiger partial charge in [0.15, 0.2) is 0 Å². The topological polar surface area (TPSA) is 105 Å². The summed E-state index contributed by atoms with van der Waals surface area (Å²) in [6.45, 7) is 2.56. The normalized spacial score (nSPS) is 10.1. The lowest BCUT2D eigenvalue weighted by atomic mass is 10.2. The zero-order chi connectivity index (χ0) is 23.1. The van der Waals surface area contributed by atoms with Crippen LogP contribution in [0.2, 0.25) is 0 Å². The van der Waals surface area contributed by atoms with Crippen LogP contribution in [0.1, 0.15) is 34.6 Å². The lowest BCUT2D eigenvalue weighted by Crippen LogP contribution is -2.10. The molecular weight excluding hydrogens is 416 g/mol. The van der Waals surface area contributed by atoms with E-state index in [1.165, 1.54) is 86.6 Å². The van der Waals surface area contributed by atoms with Crippen LogP contribution >= 0.6 is 0 Å². The first kappa shape index (κ1) is 22.2. The van der Waals surface area contributed by atoms with Gasteiger partial charge in [-0.05, 0) is 72.8 Å². The molecule has 0 bridgehead atoms. The maximum atomic E-state index is 12.2. The molecule has 8 heteroatoms. The fraction of sp³-hybridized carbons (Fsp3) is 0.0833. The Bertz CT molecular complexity index is 1040. The molecule has 0 amide bonds. The van der Waals surface area contributed by atoms with E-state index in [2.05, 4.69) is 0 Å². The molecule has 3 aromatic carbocycles. The van der Waals surface area contributed by atoms with Crippen molar-refractivity contribution in [1.29, 1.82) is 0 Å². The Balaban J connectivity index is 1.57. The van der Waals surface area contributed by atoms with Crippen LogP contribution in [-0.2, 0) is 9.59 Å². The Hall–Kier alpha value is -4.46. The summed E-state index contributed by atoms with van der Waals surface area (Å²) in [5, 5.41) is 0. The molecule has 0 N–H and O–H groups in total. The summed E-state index contributed by atoms with van der Waals surface area (Å²) >= 11 is 0. The minimum Gasteiger partial charge on any atom is -0.427 e. The standard InChI is InChI=1S/C24H18O8/c1-15(25)29-19-7-3-17(4-8-19)23(27)31-21-11-13-22(14-12-21)32-24(28)18-5-9-20(10-6-18)30-16(2)26/h3-14H,1-2H3. The molecular formula is C24H18O8. The number of carbonyl (C=O) groups excluding carboxylic acids is 4. The predicted octanol–water partition coefficient (Wildman–Crippen LogP) is 3.98. The van der Waals surface area contributed by atoms with Gasteiger partial charge < -0.3 is 18.9 Å². The quantitative estimate of drug-likeness (QED) is 0.424. The molecule has 0 radical (unpaired) electrons. The minimum atomic E-state index is -0.600. The highest BCUT2D eigenvalue weighted by atomic mass is 16.5. The van der Waals surface area contributed by atoms with E-state index < -0.39 is 23.9 Å². The number of benzene rings is 3. The molecule has 0 aromatic heterocycles. The smallest absolute Gasteiger partial charge is 0.343 e. The van der Waals surface area contributed by atoms with Crippen LogP contribution in [0.5, 0.6) is 23.0 Å². The van der Waals surface area contributed by atoms with E-state index >= 15 is 0 Å². The van der Waals surface area contributed by atoms with Crippen LogP contribution in [-0.4, -0.2) is 23.9 Å². The second kappa shape index (κ2) is 10.0. The molecule has 0 saturated heterocycles. The van der Waals surface area contributed by atoms with Gasteiger partial charge in [0.25, 0.3) is 0 Å². The van der Waals surface area contributed by atoms with Gasteiger partial charge in [0, 0.05) is 13.8 Å². The molecule has 0 heterocycles. The van der Waals surface area contributed by atoms with Crippen molar-refractivity contribution >= 4 is 23.9 Å². The molecule has 0 spiro atoms. The van der Waals surface area contributed by atoms with Crippen molar-refractivity contribution in [3.05, 3.63) is 83.9 Å². The average molecular weight is 434 g/mol. The molecule has 3 rings (SSSR count). The second-order valence-corrected chi connectivity index (χ2v) is 6.49. The van der Waals surface area contributed by atoms with Gasteiger partial charge in [0.2, 0.25) is 0 Å². The molecule has 3 aromatic rings. The predicted molar refractivity (Wildman–Crippen MR) is 112 cm³/mol. The van der Waals surface area contributed by atoms with Crippen LogP contribution in [0.15, 0.2) is 72.8 Å². The van der Waals surface area contributed by atoms with E-state index in [9.17, 15) is 19.2 Å². The fourth-order valence-corrected chi connectivity index (χ4v) is 2.56. The van der Waals surface area contributed by atoms with Crippen molar-refractivity contribution in [3.8, 4) is 23.0 Å². The van der Waals surface area contributed by atoms with Gasteiger partial charge in [-0.3, -0.25) is 9.59 Å². The van der Waals surface area contributed by atoms with E-state index in [1.807, 2.05) is 0 Å². The molecule has 8 nitrogen and oxygen atoms in total. The van der Waals surface area contributed by atoms with E-state index in [-0.39, 0.29) is 22.6 Å². The number of hydrogen-bond donors (Lipinski definition) is 0. The third-order valence-electron chi connectivity index (χ3n) is 3.95. The summed E-state index contributed by atoms with van der Waals surface area (Å²) in [5.41, 5.74) is 0.544. The molecule has 0 aliphatic carbocycles. The van der Waals surface area contributed by atoms with E-state index in [4.69, 9.17) is 18.9 Å². The Morgan fingerprint density at radius 2 is 0.688 bits per heavy atom. The largest absolute Gasteiger partial charge is 0.427 e. The van der Waals surface area contributed by atoms with Gasteiger partial charge in [0.05, 0.1) is 11.1 Å². The monoisotopic (exact) mass is 434 g/mol. The number of esters is 4. The summed E-state index contributed by atoms with van der Waals surface area (Å²) in [7, 11) is 0. The minimum absolute atomic E-state index is 0.254. The van der Waals surface area contributed by atoms with Gasteiger partial charge in [-0.15, -0.1) is 0 Å². The zero-order valence-corrected chi connectivity index (χ0v) is 17.2. The van der Waals surface area contributed by atoms with E-state index in [0.717, 1.165) is 0 Å². The maximum Gasteiger partial charge on any atom is 0.343 e. The van der Waals surface area contributed by atoms with E-state index in [0.29, 0.717) is 11.5 Å². The van der Waals surface area contributed by atoms with Crippen molar-refractivity contribution in [1.82, 2.24) is 0 Å². The van der Waals surface area contributed by atoms with Gasteiger partial charge in [-0.1, -0.05) is 0 Å². The first-order valence-corrected chi connectivity index (χ1v) is 9.41. The van der Waals surface area contributed by atoms with Gasteiger partial charge in [0.1, 0.15) is 23.0 Å². The molecule has 162 valence electrons. The highest BCUT2D eigenvalue weighted by Crippen LogP contribution is 2.21. The van der Waals surface area contributed by atoms with Crippen LogP contribution in [0.3, 0.4) is 0 Å². The Morgan fingerprint density at radius 3 is 0.969 bits per heavy atom. The Morgan fingerprint density at radius 1 is 0.438 bits per heavy atom. The molecule has 0 saturated carbocycles. The molecule has 0 aliphatic heterocycles. The van der Waals surface area contributed by atoms with Crippen LogP contribution in [0.25, 0.3) is 0 Å². The van der Waals surface area contributed by atoms with Crippen molar-refractivity contribution in [2.45, 2.75) is 13.8 Å². The van der Waals surface area contributed by atoms with Crippen LogP contribution in [0, 0.1) is 0 Å². The lowest BCUT2D eigenvalue weighted by Gasteiger charge is -2.08. The van der Waals surface area contributed by atoms with Crippen molar-refractivity contribution in [2.75, 3.05) is 0 Å². The Kier molecular flexibility index (Phi) is 6.97. The SMILES string of the molecule is CC(=O)Oc1ccc(C(=O)Oc2ccc(OC(=O)c3ccc(OC(C)=O)cc3)cc2)cc1. The van der Waals surface area contributed by atoms with E-state index in [1.54, 1.807) is 0 Å². The summed E-state index contributed by atoms with van der Waals surface area (Å²) in [4.78, 5) is 46.4. The van der Waals surface area contributed by atoms with Gasteiger partial charge in [-0.2, -0.15) is 0 Å². The maximum absolute atomic E-state index is 12.2. The molecule has 32 heavy (non-hydrogen) atoms. The summed E-state index contributed by atoms with van der Waals surface area (Å²) in [6.07, 6.45) is 0. The summed E-state index contributed by atoms with van der Waals surface area (Å²) in [6, 6.07) is 17.8. The van der Waals surface area contributed by atoms with Crippen LogP contribution < -0.4 is 18.9 Å². The number of ether oxygens (including phenoxy) is 4. The molecule has 0 fully saturated rings. The third kappa shape index (κ3) is 6.27. The molecule has 0 aliphatic rings. The summed E-state index contributed by atoms with van der Waals surface area (Å²) in [5.74, 6) is -0.967. The Labute approximate surface area is 183 Å². The first-order valence-electron chi connectivity index (χ1n) is 9.41. The van der Waals surface area contributed by atoms with Gasteiger partial charge in [-0.25, -0.2) is 9.59 Å². The molecule has 0 atom stereocenters. The highest BCUT2D eigenvalue weighted by molar-refractivity contribution is 5.92. The average Bonchev–Trinajstić information content (AvgIpc) is 2.75. The van der Waals surface area contributed by atoms with Crippen molar-refractivity contribution in [3.63, 3.8) is 0 Å². The number of carbonyl (C=O) groups is 4. The van der Waals surface area contributed by atoms with Crippen molar-refractivity contribution in [2.24, 2.45) is 0 Å². The number of hydrogen-bond acceptors (Lipinski definition) is 8. The molecule has 0 unspecified atom stereocenters. The lowest BCUT2D eigenvalue weighted by molar-refractivity contribution is -0.132. The summed E-state index contributed by atoms with van der Waals surface area (Å²) < 4.78 is 20.4. The van der Waals surface area contributed by atoms with Crippen LogP contribution in [0.4, 0.5) is 0 Å². The second-order valence-electron chi connectivity index (χ2n) is 6.49. The van der Waals surface area contributed by atoms with Crippen molar-refractivity contribution < 1.29 is 38.1 Å². The fourth-order valence-electron chi connectivity index (χ4n) is 2.56.